The number of nitrogens with zero attached hydrogens (tertiary/aromatic N) is 3. The molecule has 0 bridgehead atoms. The van der Waals surface area contributed by atoms with Gasteiger partial charge in [-0.3, -0.25) is 19.3 Å². The monoisotopic (exact) mass is 389 g/mol. The van der Waals surface area contributed by atoms with Crippen molar-refractivity contribution in [1.82, 2.24) is 14.7 Å². The van der Waals surface area contributed by atoms with Crippen molar-refractivity contribution in [1.29, 1.82) is 0 Å². The molecule has 7 nitrogen and oxygen atoms in total. The van der Waals surface area contributed by atoms with E-state index in [0.717, 1.165) is 18.7 Å². The molecule has 28 heavy (non-hydrogen) atoms. The van der Waals surface area contributed by atoms with Gasteiger partial charge in [-0.1, -0.05) is 0 Å². The van der Waals surface area contributed by atoms with Gasteiger partial charge in [0.1, 0.15) is 5.75 Å². The van der Waals surface area contributed by atoms with E-state index in [9.17, 15) is 14.4 Å². The summed E-state index contributed by atoms with van der Waals surface area (Å²) in [5.74, 6) is 0.766. The van der Waals surface area contributed by atoms with E-state index in [0.29, 0.717) is 38.3 Å². The second-order valence-electron chi connectivity index (χ2n) is 7.18. The minimum Gasteiger partial charge on any atom is -0.494 e. The first-order valence-corrected chi connectivity index (χ1v) is 9.87. The highest BCUT2D eigenvalue weighted by atomic mass is 16.5. The van der Waals surface area contributed by atoms with E-state index >= 15 is 0 Å². The standard InChI is InChI=1S/C21H31N3O4/c1-4-28-18-8-6-17(7-9-18)19(25)10-11-20(26)24-13-5-12-23(14-15-24)16-21(27)22(2)3/h6-9H,4-5,10-16H2,1-3H3. The van der Waals surface area contributed by atoms with E-state index in [-0.39, 0.29) is 30.4 Å². The molecule has 2 amide bonds. The molecular weight excluding hydrogens is 358 g/mol. The Bertz CT molecular complexity index is 673. The van der Waals surface area contributed by atoms with Crippen LogP contribution < -0.4 is 4.74 Å². The molecular formula is C21H31N3O4. The third-order valence-corrected chi connectivity index (χ3v) is 4.85. The molecule has 1 heterocycles. The molecule has 1 aliphatic heterocycles. The van der Waals surface area contributed by atoms with Gasteiger partial charge in [0.25, 0.3) is 0 Å². The second-order valence-corrected chi connectivity index (χ2v) is 7.18. The quantitative estimate of drug-likeness (QED) is 0.633. The maximum absolute atomic E-state index is 12.5. The molecule has 0 radical (unpaired) electrons. The fraction of sp³-hybridized carbons (Fsp3) is 0.571. The smallest absolute Gasteiger partial charge is 0.236 e. The minimum absolute atomic E-state index is 0.0000672. The molecule has 1 saturated heterocycles. The number of benzene rings is 1. The number of amides is 2. The van der Waals surface area contributed by atoms with Gasteiger partial charge in [0.15, 0.2) is 5.78 Å². The summed E-state index contributed by atoms with van der Waals surface area (Å²) >= 11 is 0. The molecule has 1 aromatic rings. The molecule has 0 aromatic heterocycles. The normalized spacial score (nSPS) is 15.0. The largest absolute Gasteiger partial charge is 0.494 e. The predicted octanol–water partition coefficient (Wildman–Crippen LogP) is 1.67. The van der Waals surface area contributed by atoms with Crippen molar-refractivity contribution >= 4 is 17.6 Å². The Balaban J connectivity index is 1.79. The van der Waals surface area contributed by atoms with Crippen molar-refractivity contribution in [2.75, 3.05) is 53.4 Å². The van der Waals surface area contributed by atoms with Crippen LogP contribution >= 0.6 is 0 Å². The van der Waals surface area contributed by atoms with Gasteiger partial charge in [-0.15, -0.1) is 0 Å². The number of carbonyl (C=O) groups is 3. The van der Waals surface area contributed by atoms with Gasteiger partial charge in [-0.05, 0) is 37.6 Å². The number of hydrogen-bond acceptors (Lipinski definition) is 5. The molecule has 0 N–H and O–H groups in total. The Kier molecular flexibility index (Phi) is 8.44. The summed E-state index contributed by atoms with van der Waals surface area (Å²) in [5, 5.41) is 0. The fourth-order valence-electron chi connectivity index (χ4n) is 3.14. The van der Waals surface area contributed by atoms with Crippen LogP contribution in [0.15, 0.2) is 24.3 Å². The van der Waals surface area contributed by atoms with E-state index in [4.69, 9.17) is 4.74 Å². The maximum atomic E-state index is 12.5. The van der Waals surface area contributed by atoms with Crippen LogP contribution in [0.25, 0.3) is 0 Å². The molecule has 0 atom stereocenters. The van der Waals surface area contributed by atoms with Gasteiger partial charge < -0.3 is 14.5 Å². The summed E-state index contributed by atoms with van der Waals surface area (Å²) < 4.78 is 5.38. The lowest BCUT2D eigenvalue weighted by Crippen LogP contribution is -2.39. The zero-order chi connectivity index (χ0) is 20.5. The van der Waals surface area contributed by atoms with Gasteiger partial charge in [0.05, 0.1) is 13.2 Å². The SMILES string of the molecule is CCOc1ccc(C(=O)CCC(=O)N2CCCN(CC(=O)N(C)C)CC2)cc1. The first kappa shape index (κ1) is 21.9. The third-order valence-electron chi connectivity index (χ3n) is 4.85. The summed E-state index contributed by atoms with van der Waals surface area (Å²) in [4.78, 5) is 42.2. The Morgan fingerprint density at radius 2 is 1.71 bits per heavy atom. The number of likely N-dealkylation sites (N-methyl/N-ethyl adjacent to an activating group) is 1. The predicted molar refractivity (Wildman–Crippen MR) is 108 cm³/mol. The number of ether oxygens (including phenoxy) is 1. The van der Waals surface area contributed by atoms with Crippen LogP contribution in [0.1, 0.15) is 36.5 Å². The molecule has 7 heteroatoms. The van der Waals surface area contributed by atoms with E-state index in [1.54, 1.807) is 43.3 Å². The average molecular weight is 389 g/mol. The highest BCUT2D eigenvalue weighted by molar-refractivity contribution is 5.98. The summed E-state index contributed by atoms with van der Waals surface area (Å²) in [6.45, 7) is 5.61. The summed E-state index contributed by atoms with van der Waals surface area (Å²) in [7, 11) is 3.49. The lowest BCUT2D eigenvalue weighted by atomic mass is 10.1. The van der Waals surface area contributed by atoms with Crippen molar-refractivity contribution in [3.8, 4) is 5.75 Å². The lowest BCUT2D eigenvalue weighted by Gasteiger charge is -2.22. The van der Waals surface area contributed by atoms with Gasteiger partial charge in [-0.2, -0.15) is 0 Å². The maximum Gasteiger partial charge on any atom is 0.236 e. The second kappa shape index (κ2) is 10.8. The molecule has 0 unspecified atom stereocenters. The van der Waals surface area contributed by atoms with E-state index in [1.165, 1.54) is 0 Å². The van der Waals surface area contributed by atoms with Crippen LogP contribution in [0.4, 0.5) is 0 Å². The van der Waals surface area contributed by atoms with Crippen LogP contribution in [-0.4, -0.2) is 85.7 Å². The molecule has 2 rings (SSSR count). The molecule has 1 aliphatic rings. The van der Waals surface area contributed by atoms with Crippen LogP contribution in [0, 0.1) is 0 Å². The number of carbonyl (C=O) groups excluding carboxylic acids is 3. The van der Waals surface area contributed by atoms with E-state index in [2.05, 4.69) is 4.90 Å². The number of rotatable bonds is 8. The number of ketones is 1. The fourth-order valence-corrected chi connectivity index (χ4v) is 3.14. The molecule has 0 saturated carbocycles. The Hall–Kier alpha value is -2.41. The Morgan fingerprint density at radius 3 is 2.36 bits per heavy atom. The summed E-state index contributed by atoms with van der Waals surface area (Å²) in [6.07, 6.45) is 1.24. The number of hydrogen-bond donors (Lipinski definition) is 0. The Morgan fingerprint density at radius 1 is 1.00 bits per heavy atom. The first-order chi connectivity index (χ1) is 13.4. The molecule has 0 aliphatic carbocycles. The van der Waals surface area contributed by atoms with E-state index < -0.39 is 0 Å². The third kappa shape index (κ3) is 6.64. The van der Waals surface area contributed by atoms with Gasteiger partial charge in [-0.25, -0.2) is 0 Å². The minimum atomic E-state index is -0.0376. The first-order valence-electron chi connectivity index (χ1n) is 9.87. The topological polar surface area (TPSA) is 70.2 Å². The molecule has 0 spiro atoms. The zero-order valence-electron chi connectivity index (χ0n) is 17.1. The lowest BCUT2D eigenvalue weighted by molar-refractivity contribution is -0.131. The molecule has 154 valence electrons. The van der Waals surface area contributed by atoms with Gasteiger partial charge in [0, 0.05) is 58.7 Å². The highest BCUT2D eigenvalue weighted by Gasteiger charge is 2.21. The van der Waals surface area contributed by atoms with Crippen molar-refractivity contribution < 1.29 is 19.1 Å². The Labute approximate surface area is 167 Å². The number of Topliss-reactive ketones (excluding diaryl/α,β-unsaturated/α-hetero) is 1. The zero-order valence-corrected chi connectivity index (χ0v) is 17.1. The highest BCUT2D eigenvalue weighted by Crippen LogP contribution is 2.15. The summed E-state index contributed by atoms with van der Waals surface area (Å²) in [6, 6.07) is 7.03. The molecule has 1 fully saturated rings. The van der Waals surface area contributed by atoms with Crippen LogP contribution in [0.5, 0.6) is 5.75 Å². The van der Waals surface area contributed by atoms with Crippen molar-refractivity contribution in [2.24, 2.45) is 0 Å². The average Bonchev–Trinajstić information content (AvgIpc) is 2.92. The molecule has 1 aromatic carbocycles. The van der Waals surface area contributed by atoms with Crippen LogP contribution in [0.2, 0.25) is 0 Å². The van der Waals surface area contributed by atoms with Crippen molar-refractivity contribution in [3.63, 3.8) is 0 Å². The van der Waals surface area contributed by atoms with Crippen molar-refractivity contribution in [3.05, 3.63) is 29.8 Å². The summed E-state index contributed by atoms with van der Waals surface area (Å²) in [5.41, 5.74) is 0.598. The van der Waals surface area contributed by atoms with Gasteiger partial charge >= 0.3 is 0 Å². The van der Waals surface area contributed by atoms with Crippen LogP contribution in [0.3, 0.4) is 0 Å². The van der Waals surface area contributed by atoms with Gasteiger partial charge in [0.2, 0.25) is 11.8 Å². The van der Waals surface area contributed by atoms with Crippen molar-refractivity contribution in [2.45, 2.75) is 26.2 Å². The van der Waals surface area contributed by atoms with E-state index in [1.807, 2.05) is 11.8 Å². The van der Waals surface area contributed by atoms with Crippen LogP contribution in [-0.2, 0) is 9.59 Å².